The summed E-state index contributed by atoms with van der Waals surface area (Å²) < 4.78 is 2.88. The van der Waals surface area contributed by atoms with Crippen molar-refractivity contribution in [3.63, 3.8) is 0 Å². The number of nitrogens with one attached hydrogen (secondary N) is 1. The molecule has 2 heterocycles. The van der Waals surface area contributed by atoms with Crippen LogP contribution in [0.25, 0.3) is 0 Å². The van der Waals surface area contributed by atoms with Gasteiger partial charge in [-0.1, -0.05) is 0 Å². The first-order valence-electron chi connectivity index (χ1n) is 5.07. The van der Waals surface area contributed by atoms with Crippen LogP contribution >= 0.6 is 15.9 Å². The maximum atomic E-state index is 4.13. The van der Waals surface area contributed by atoms with Crippen LogP contribution < -0.4 is 5.32 Å². The van der Waals surface area contributed by atoms with Gasteiger partial charge >= 0.3 is 0 Å². The molecule has 5 heteroatoms. The Labute approximate surface area is 103 Å². The van der Waals surface area contributed by atoms with Gasteiger partial charge in [0.1, 0.15) is 0 Å². The summed E-state index contributed by atoms with van der Waals surface area (Å²) in [5.74, 6) is 0. The van der Waals surface area contributed by atoms with Gasteiger partial charge in [0.25, 0.3) is 0 Å². The lowest BCUT2D eigenvalue weighted by Gasteiger charge is -2.07. The van der Waals surface area contributed by atoms with E-state index in [1.807, 2.05) is 30.1 Å². The molecule has 4 nitrogen and oxygen atoms in total. The Hall–Kier alpha value is -1.36. The second-order valence-corrected chi connectivity index (χ2v) is 4.33. The summed E-state index contributed by atoms with van der Waals surface area (Å²) in [7, 11) is 1.96. The number of aryl methyl sites for hydroxylation is 1. The van der Waals surface area contributed by atoms with E-state index in [4.69, 9.17) is 0 Å². The Morgan fingerprint density at radius 3 is 2.94 bits per heavy atom. The Balaban J connectivity index is 1.89. The standard InChI is InChI=1S/C11H13BrN4/c1-16-9(3-7-15-16)2-6-14-11-4-5-13-8-10(11)12/h3-5,7-8H,2,6H2,1H3,(H,13,14). The normalized spacial score (nSPS) is 10.4. The molecule has 0 aromatic carbocycles. The molecule has 0 aliphatic rings. The highest BCUT2D eigenvalue weighted by molar-refractivity contribution is 9.10. The summed E-state index contributed by atoms with van der Waals surface area (Å²) in [6.45, 7) is 0.877. The van der Waals surface area contributed by atoms with Crippen molar-refractivity contribution in [2.75, 3.05) is 11.9 Å². The molecule has 1 N–H and O–H groups in total. The molecule has 0 bridgehead atoms. The summed E-state index contributed by atoms with van der Waals surface area (Å²) in [6, 6.07) is 3.98. The molecule has 2 aromatic heterocycles. The van der Waals surface area contributed by atoms with E-state index in [1.54, 1.807) is 12.4 Å². The van der Waals surface area contributed by atoms with Gasteiger partial charge in [0, 0.05) is 44.3 Å². The maximum absolute atomic E-state index is 4.13. The Morgan fingerprint density at radius 1 is 1.38 bits per heavy atom. The minimum Gasteiger partial charge on any atom is -0.384 e. The van der Waals surface area contributed by atoms with Gasteiger partial charge in [0.05, 0.1) is 10.2 Å². The molecule has 0 fully saturated rings. The number of anilines is 1. The van der Waals surface area contributed by atoms with Crippen molar-refractivity contribution in [3.05, 3.63) is 40.9 Å². The zero-order chi connectivity index (χ0) is 11.4. The first-order chi connectivity index (χ1) is 7.77. The van der Waals surface area contributed by atoms with Crippen molar-refractivity contribution in [2.24, 2.45) is 7.05 Å². The monoisotopic (exact) mass is 280 g/mol. The third kappa shape index (κ3) is 2.61. The van der Waals surface area contributed by atoms with E-state index < -0.39 is 0 Å². The van der Waals surface area contributed by atoms with Crippen LogP contribution in [0.2, 0.25) is 0 Å². The predicted octanol–water partition coefficient (Wildman–Crippen LogP) is 2.23. The van der Waals surface area contributed by atoms with Gasteiger partial charge in [0.15, 0.2) is 0 Å². The fraction of sp³-hybridized carbons (Fsp3) is 0.273. The molecule has 84 valence electrons. The summed E-state index contributed by atoms with van der Waals surface area (Å²) in [6.07, 6.45) is 6.33. The highest BCUT2D eigenvalue weighted by atomic mass is 79.9. The first kappa shape index (κ1) is 11.1. The van der Waals surface area contributed by atoms with E-state index in [-0.39, 0.29) is 0 Å². The molecule has 0 atom stereocenters. The molecular formula is C11H13BrN4. The van der Waals surface area contributed by atoms with Crippen LogP contribution in [-0.2, 0) is 13.5 Å². The zero-order valence-corrected chi connectivity index (χ0v) is 10.6. The molecular weight excluding hydrogens is 268 g/mol. The summed E-state index contributed by atoms with van der Waals surface area (Å²) in [5.41, 5.74) is 2.29. The fourth-order valence-electron chi connectivity index (χ4n) is 1.49. The largest absolute Gasteiger partial charge is 0.384 e. The van der Waals surface area contributed by atoms with E-state index >= 15 is 0 Å². The van der Waals surface area contributed by atoms with Gasteiger partial charge < -0.3 is 5.32 Å². The van der Waals surface area contributed by atoms with Gasteiger partial charge in [-0.05, 0) is 28.1 Å². The van der Waals surface area contributed by atoms with Crippen molar-refractivity contribution in [1.82, 2.24) is 14.8 Å². The summed E-state index contributed by atoms with van der Waals surface area (Å²) in [4.78, 5) is 4.02. The van der Waals surface area contributed by atoms with Gasteiger partial charge in [-0.2, -0.15) is 5.10 Å². The first-order valence-corrected chi connectivity index (χ1v) is 5.87. The maximum Gasteiger partial charge on any atom is 0.0590 e. The number of hydrogen-bond acceptors (Lipinski definition) is 3. The number of hydrogen-bond donors (Lipinski definition) is 1. The molecule has 0 aliphatic heterocycles. The van der Waals surface area contributed by atoms with Crippen LogP contribution in [0.15, 0.2) is 35.2 Å². The molecule has 0 amide bonds. The van der Waals surface area contributed by atoms with Crippen LogP contribution in [0.3, 0.4) is 0 Å². The Bertz CT molecular complexity index is 467. The second-order valence-electron chi connectivity index (χ2n) is 3.48. The zero-order valence-electron chi connectivity index (χ0n) is 9.02. The predicted molar refractivity (Wildman–Crippen MR) is 67.3 cm³/mol. The SMILES string of the molecule is Cn1nccc1CCNc1ccncc1Br. The minimum absolute atomic E-state index is 0.877. The second kappa shape index (κ2) is 5.12. The highest BCUT2D eigenvalue weighted by Gasteiger charge is 2.00. The number of pyridine rings is 1. The van der Waals surface area contributed by atoms with Crippen LogP contribution in [-0.4, -0.2) is 21.3 Å². The molecule has 0 spiro atoms. The summed E-state index contributed by atoms with van der Waals surface area (Å²) >= 11 is 3.45. The molecule has 16 heavy (non-hydrogen) atoms. The van der Waals surface area contributed by atoms with Crippen LogP contribution in [0.4, 0.5) is 5.69 Å². The Kier molecular flexibility index (Phi) is 3.56. The summed E-state index contributed by atoms with van der Waals surface area (Å²) in [5, 5.41) is 7.48. The van der Waals surface area contributed by atoms with E-state index in [2.05, 4.69) is 31.3 Å². The lowest BCUT2D eigenvalue weighted by Crippen LogP contribution is -2.08. The molecule has 2 rings (SSSR count). The molecule has 2 aromatic rings. The smallest absolute Gasteiger partial charge is 0.0590 e. The number of nitrogens with zero attached hydrogens (tertiary/aromatic N) is 3. The Morgan fingerprint density at radius 2 is 2.25 bits per heavy atom. The van der Waals surface area contributed by atoms with Gasteiger partial charge in [-0.25, -0.2) is 0 Å². The third-order valence-corrected chi connectivity index (χ3v) is 3.02. The average molecular weight is 281 g/mol. The van der Waals surface area contributed by atoms with Crippen molar-refractivity contribution in [3.8, 4) is 0 Å². The van der Waals surface area contributed by atoms with Crippen molar-refractivity contribution in [1.29, 1.82) is 0 Å². The van der Waals surface area contributed by atoms with Gasteiger partial charge in [0.2, 0.25) is 0 Å². The van der Waals surface area contributed by atoms with E-state index in [0.717, 1.165) is 23.1 Å². The molecule has 0 unspecified atom stereocenters. The lowest BCUT2D eigenvalue weighted by molar-refractivity contribution is 0.711. The number of aromatic nitrogens is 3. The van der Waals surface area contributed by atoms with Crippen molar-refractivity contribution >= 4 is 21.6 Å². The quantitative estimate of drug-likeness (QED) is 0.934. The average Bonchev–Trinajstić information content (AvgIpc) is 2.67. The van der Waals surface area contributed by atoms with Crippen molar-refractivity contribution < 1.29 is 0 Å². The molecule has 0 saturated heterocycles. The molecule has 0 aliphatic carbocycles. The fourth-order valence-corrected chi connectivity index (χ4v) is 1.88. The van der Waals surface area contributed by atoms with E-state index in [0.29, 0.717) is 0 Å². The van der Waals surface area contributed by atoms with Gasteiger partial charge in [-0.15, -0.1) is 0 Å². The van der Waals surface area contributed by atoms with Crippen molar-refractivity contribution in [2.45, 2.75) is 6.42 Å². The van der Waals surface area contributed by atoms with Crippen LogP contribution in [0.1, 0.15) is 5.69 Å². The highest BCUT2D eigenvalue weighted by Crippen LogP contribution is 2.19. The van der Waals surface area contributed by atoms with E-state index in [9.17, 15) is 0 Å². The van der Waals surface area contributed by atoms with E-state index in [1.165, 1.54) is 5.69 Å². The van der Waals surface area contributed by atoms with Crippen LogP contribution in [0, 0.1) is 0 Å². The minimum atomic E-state index is 0.877. The third-order valence-electron chi connectivity index (χ3n) is 2.39. The van der Waals surface area contributed by atoms with Gasteiger partial charge in [-0.3, -0.25) is 9.67 Å². The number of halogens is 1. The molecule has 0 saturated carbocycles. The molecule has 0 radical (unpaired) electrons. The lowest BCUT2D eigenvalue weighted by atomic mass is 10.3. The van der Waals surface area contributed by atoms with Crippen LogP contribution in [0.5, 0.6) is 0 Å². The topological polar surface area (TPSA) is 42.7 Å². The number of rotatable bonds is 4.